The first kappa shape index (κ1) is 29.8. The maximum absolute atomic E-state index is 6.36. The van der Waals surface area contributed by atoms with Gasteiger partial charge in [-0.2, -0.15) is 0 Å². The van der Waals surface area contributed by atoms with Gasteiger partial charge >= 0.3 is 0 Å². The van der Waals surface area contributed by atoms with Crippen molar-refractivity contribution < 1.29 is 0 Å². The van der Waals surface area contributed by atoms with E-state index in [0.717, 1.165) is 32.2 Å². The number of fused-ring (bicyclic) bond motifs is 1. The molecule has 0 spiro atoms. The Hall–Kier alpha value is -1.37. The summed E-state index contributed by atoms with van der Waals surface area (Å²) in [5, 5.41) is 0. The van der Waals surface area contributed by atoms with Crippen LogP contribution in [0.4, 0.5) is 0 Å². The van der Waals surface area contributed by atoms with Gasteiger partial charge in [0.1, 0.15) is 0 Å². The topological polar surface area (TPSA) is 29.3 Å². The number of nitrogens with zero attached hydrogens (tertiary/aromatic N) is 1. The van der Waals surface area contributed by atoms with Crippen LogP contribution in [0.2, 0.25) is 0 Å². The van der Waals surface area contributed by atoms with E-state index in [1.807, 2.05) is 47.4 Å². The molecule has 0 amide bonds. The van der Waals surface area contributed by atoms with Crippen LogP contribution in [0.3, 0.4) is 0 Å². The van der Waals surface area contributed by atoms with Gasteiger partial charge in [0, 0.05) is 24.3 Å². The molecule has 2 N–H and O–H groups in total. The van der Waals surface area contributed by atoms with Crippen LogP contribution in [0.25, 0.3) is 0 Å². The fraction of sp³-hybridized carbons (Fsp3) is 0.538. The maximum atomic E-state index is 6.36. The van der Waals surface area contributed by atoms with Crippen LogP contribution in [0.5, 0.6) is 0 Å². The van der Waals surface area contributed by atoms with E-state index in [2.05, 4.69) is 70.1 Å². The zero-order chi connectivity index (χ0) is 22.7. The molecule has 0 radical (unpaired) electrons. The Bertz CT molecular complexity index is 553. The average molecular weight is 419 g/mol. The van der Waals surface area contributed by atoms with Crippen molar-refractivity contribution in [2.75, 3.05) is 13.2 Å². The second-order valence-corrected chi connectivity index (χ2v) is 6.35. The standard InChI is InChI=1S/C21H30N2.2C2H6.CH5P/c1-4-7-13-20(6-3)23(16-19(22)10-5-2)21-14-17-11-8-9-12-18(17)15-21;3*1-2/h4,6-9,11-13,19,21H,3,5,10,14-16,22H2,1-2H3;2*1-2H3;2H2,1H3/b7-4-,20-13+;;;. The fourth-order valence-corrected chi connectivity index (χ4v) is 3.41. The molecule has 0 saturated carbocycles. The molecule has 166 valence electrons. The SMILES string of the molecule is C=C/C(=C\C=C/C)N(CC(N)CCC)C1Cc2ccccc2C1.CC.CC.CP. The van der Waals surface area contributed by atoms with Crippen molar-refractivity contribution in [3.8, 4) is 0 Å². The van der Waals surface area contributed by atoms with Gasteiger partial charge in [-0.05, 0) is 49.5 Å². The first-order valence-electron chi connectivity index (χ1n) is 11.3. The highest BCUT2D eigenvalue weighted by molar-refractivity contribution is 7.15. The van der Waals surface area contributed by atoms with Crippen molar-refractivity contribution in [1.29, 1.82) is 0 Å². The summed E-state index contributed by atoms with van der Waals surface area (Å²) < 4.78 is 0. The Morgan fingerprint density at radius 3 is 2.10 bits per heavy atom. The van der Waals surface area contributed by atoms with Gasteiger partial charge in [0.15, 0.2) is 0 Å². The van der Waals surface area contributed by atoms with Crippen molar-refractivity contribution >= 4 is 9.24 Å². The molecule has 2 atom stereocenters. The summed E-state index contributed by atoms with van der Waals surface area (Å²) in [5.74, 6) is 0. The molecule has 0 heterocycles. The molecule has 29 heavy (non-hydrogen) atoms. The van der Waals surface area contributed by atoms with Gasteiger partial charge in [-0.15, -0.1) is 9.24 Å². The summed E-state index contributed by atoms with van der Waals surface area (Å²) in [6, 6.07) is 9.46. The number of allylic oxidation sites excluding steroid dienone is 4. The van der Waals surface area contributed by atoms with Crippen molar-refractivity contribution in [3.63, 3.8) is 0 Å². The summed E-state index contributed by atoms with van der Waals surface area (Å²) in [6.07, 6.45) is 12.6. The Morgan fingerprint density at radius 2 is 1.69 bits per heavy atom. The third kappa shape index (κ3) is 10.8. The Balaban J connectivity index is 0. The molecule has 1 aliphatic rings. The highest BCUT2D eigenvalue weighted by atomic mass is 31.0. The highest BCUT2D eigenvalue weighted by Gasteiger charge is 2.28. The second kappa shape index (κ2) is 19.9. The fourth-order valence-electron chi connectivity index (χ4n) is 3.41. The first-order chi connectivity index (χ1) is 14.2. The third-order valence-corrected chi connectivity index (χ3v) is 4.56. The van der Waals surface area contributed by atoms with E-state index in [4.69, 9.17) is 5.73 Å². The minimum Gasteiger partial charge on any atom is -0.366 e. The van der Waals surface area contributed by atoms with Gasteiger partial charge in [-0.3, -0.25) is 0 Å². The van der Waals surface area contributed by atoms with Gasteiger partial charge in [0.2, 0.25) is 0 Å². The normalized spacial score (nSPS) is 13.8. The summed E-state index contributed by atoms with van der Waals surface area (Å²) in [6.45, 7) is 19.1. The number of nitrogens with two attached hydrogens (primary N) is 1. The van der Waals surface area contributed by atoms with E-state index in [-0.39, 0.29) is 6.04 Å². The lowest BCUT2D eigenvalue weighted by Gasteiger charge is -2.34. The first-order valence-corrected chi connectivity index (χ1v) is 12.5. The predicted octanol–water partition coefficient (Wildman–Crippen LogP) is 6.77. The number of hydrogen-bond acceptors (Lipinski definition) is 2. The molecule has 0 saturated heterocycles. The second-order valence-electron chi connectivity index (χ2n) is 6.35. The molecule has 0 fully saturated rings. The molecule has 2 rings (SSSR count). The van der Waals surface area contributed by atoms with Crippen LogP contribution < -0.4 is 5.73 Å². The third-order valence-electron chi connectivity index (χ3n) is 4.56. The summed E-state index contributed by atoms with van der Waals surface area (Å²) in [7, 11) is 2.42. The lowest BCUT2D eigenvalue weighted by molar-refractivity contribution is 0.246. The molecular weight excluding hydrogens is 371 g/mol. The smallest absolute Gasteiger partial charge is 0.0371 e. The number of benzene rings is 1. The Labute approximate surface area is 184 Å². The summed E-state index contributed by atoms with van der Waals surface area (Å²) in [4.78, 5) is 2.47. The molecule has 2 nitrogen and oxygen atoms in total. The van der Waals surface area contributed by atoms with Gasteiger partial charge in [0.25, 0.3) is 0 Å². The van der Waals surface area contributed by atoms with Gasteiger partial charge in [0.05, 0.1) is 0 Å². The molecular formula is C26H47N2P. The van der Waals surface area contributed by atoms with Crippen LogP contribution in [0, 0.1) is 0 Å². The van der Waals surface area contributed by atoms with Crippen LogP contribution in [0.1, 0.15) is 65.5 Å². The molecule has 1 aromatic carbocycles. The minimum atomic E-state index is 0.206. The molecule has 1 aliphatic carbocycles. The largest absolute Gasteiger partial charge is 0.366 e. The monoisotopic (exact) mass is 418 g/mol. The lowest BCUT2D eigenvalue weighted by Crippen LogP contribution is -2.43. The molecule has 0 bridgehead atoms. The quantitative estimate of drug-likeness (QED) is 0.373. The molecule has 1 aromatic rings. The van der Waals surface area contributed by atoms with Gasteiger partial charge < -0.3 is 10.6 Å². The summed E-state index contributed by atoms with van der Waals surface area (Å²) >= 11 is 0. The minimum absolute atomic E-state index is 0.206. The van der Waals surface area contributed by atoms with E-state index < -0.39 is 0 Å². The van der Waals surface area contributed by atoms with Gasteiger partial charge in [-0.1, -0.05) is 90.7 Å². The van der Waals surface area contributed by atoms with E-state index in [1.54, 1.807) is 0 Å². The van der Waals surface area contributed by atoms with Crippen LogP contribution in [-0.2, 0) is 12.8 Å². The van der Waals surface area contributed by atoms with E-state index in [0.29, 0.717) is 6.04 Å². The van der Waals surface area contributed by atoms with Gasteiger partial charge in [-0.25, -0.2) is 0 Å². The van der Waals surface area contributed by atoms with Crippen molar-refractivity contribution in [2.24, 2.45) is 5.73 Å². The van der Waals surface area contributed by atoms with Crippen LogP contribution in [-0.4, -0.2) is 30.2 Å². The highest BCUT2D eigenvalue weighted by Crippen LogP contribution is 2.28. The number of hydrogen-bond donors (Lipinski definition) is 1. The van der Waals surface area contributed by atoms with Crippen molar-refractivity contribution in [1.82, 2.24) is 4.90 Å². The Kier molecular flexibility index (Phi) is 20.5. The van der Waals surface area contributed by atoms with Crippen LogP contribution in [0.15, 0.2) is 60.8 Å². The predicted molar refractivity (Wildman–Crippen MR) is 139 cm³/mol. The molecule has 3 heteroatoms. The number of rotatable bonds is 8. The molecule has 0 aliphatic heterocycles. The van der Waals surface area contributed by atoms with E-state index in [1.165, 1.54) is 16.8 Å². The molecule has 2 unspecified atom stereocenters. The Morgan fingerprint density at radius 1 is 1.17 bits per heavy atom. The van der Waals surface area contributed by atoms with Crippen LogP contribution >= 0.6 is 9.24 Å². The van der Waals surface area contributed by atoms with Crippen molar-refractivity contribution in [3.05, 3.63) is 72.0 Å². The summed E-state index contributed by atoms with van der Waals surface area (Å²) in [5.41, 5.74) is 10.5. The zero-order valence-corrected chi connectivity index (χ0v) is 21.3. The maximum Gasteiger partial charge on any atom is 0.0371 e. The average Bonchev–Trinajstić information content (AvgIpc) is 3.22. The molecule has 0 aromatic heterocycles. The van der Waals surface area contributed by atoms with E-state index >= 15 is 0 Å². The van der Waals surface area contributed by atoms with Crippen molar-refractivity contribution in [2.45, 2.75) is 79.3 Å². The lowest BCUT2D eigenvalue weighted by atomic mass is 10.1. The zero-order valence-electron chi connectivity index (χ0n) is 20.1. The van der Waals surface area contributed by atoms with E-state index in [9.17, 15) is 0 Å².